The first-order valence-corrected chi connectivity index (χ1v) is 7.72. The Kier molecular flexibility index (Phi) is 3.22. The number of hydrogen-bond acceptors (Lipinski definition) is 3. The molecule has 2 bridgehead atoms. The molecule has 0 radical (unpaired) electrons. The number of furan rings is 1. The molecule has 1 N–H and O–H groups in total. The highest BCUT2D eigenvalue weighted by atomic mass is 16.4. The van der Waals surface area contributed by atoms with Gasteiger partial charge in [0.25, 0.3) is 5.91 Å². The summed E-state index contributed by atoms with van der Waals surface area (Å²) in [6, 6.07) is 13.1. The summed E-state index contributed by atoms with van der Waals surface area (Å²) in [6.45, 7) is 2.27. The molecule has 3 aliphatic heterocycles. The van der Waals surface area contributed by atoms with Crippen LogP contribution in [0.25, 0.3) is 5.57 Å². The number of nitrogens with zero attached hydrogens (tertiary/aromatic N) is 1. The zero-order chi connectivity index (χ0) is 14.9. The molecule has 0 aliphatic carbocycles. The number of carbonyl (C=O) groups is 1. The van der Waals surface area contributed by atoms with E-state index in [0.29, 0.717) is 11.7 Å². The Balaban J connectivity index is 1.53. The molecular formula is C18H18N2O2. The first kappa shape index (κ1) is 13.2. The lowest BCUT2D eigenvalue weighted by Gasteiger charge is -2.38. The van der Waals surface area contributed by atoms with Crippen LogP contribution in [-0.4, -0.2) is 23.9 Å². The second kappa shape index (κ2) is 5.37. The van der Waals surface area contributed by atoms with Crippen LogP contribution in [0.4, 0.5) is 5.69 Å². The summed E-state index contributed by atoms with van der Waals surface area (Å²) in [5, 5.41) is 2.85. The Hall–Kier alpha value is -2.49. The molecule has 1 fully saturated rings. The fourth-order valence-electron chi connectivity index (χ4n) is 3.24. The summed E-state index contributed by atoms with van der Waals surface area (Å²) in [5.74, 6) is 1.55. The van der Waals surface area contributed by atoms with Gasteiger partial charge in [0.15, 0.2) is 5.76 Å². The normalized spacial score (nSPS) is 17.5. The average molecular weight is 294 g/mol. The van der Waals surface area contributed by atoms with Gasteiger partial charge < -0.3 is 14.6 Å². The fourth-order valence-corrected chi connectivity index (χ4v) is 3.24. The van der Waals surface area contributed by atoms with Crippen LogP contribution in [0.5, 0.6) is 0 Å². The van der Waals surface area contributed by atoms with Crippen molar-refractivity contribution in [1.82, 2.24) is 4.90 Å². The molecular weight excluding hydrogens is 276 g/mol. The van der Waals surface area contributed by atoms with Gasteiger partial charge >= 0.3 is 0 Å². The molecule has 4 nitrogen and oxygen atoms in total. The number of para-hydroxylation sites is 1. The van der Waals surface area contributed by atoms with Crippen LogP contribution < -0.4 is 5.32 Å². The highest BCUT2D eigenvalue weighted by Crippen LogP contribution is 2.37. The lowest BCUT2D eigenvalue weighted by molar-refractivity contribution is 0.0996. The molecule has 0 saturated carbocycles. The highest BCUT2D eigenvalue weighted by Gasteiger charge is 2.29. The van der Waals surface area contributed by atoms with E-state index in [2.05, 4.69) is 16.4 Å². The molecule has 0 unspecified atom stereocenters. The van der Waals surface area contributed by atoms with Gasteiger partial charge in [-0.25, -0.2) is 0 Å². The molecule has 22 heavy (non-hydrogen) atoms. The summed E-state index contributed by atoms with van der Waals surface area (Å²) < 4.78 is 5.80. The summed E-state index contributed by atoms with van der Waals surface area (Å²) in [4.78, 5) is 14.6. The number of nitrogens with one attached hydrogen (secondary N) is 1. The van der Waals surface area contributed by atoms with E-state index in [0.717, 1.165) is 24.5 Å². The van der Waals surface area contributed by atoms with Crippen LogP contribution >= 0.6 is 0 Å². The Bertz CT molecular complexity index is 710. The lowest BCUT2D eigenvalue weighted by atomic mass is 9.85. The van der Waals surface area contributed by atoms with Crippen molar-refractivity contribution in [3.05, 3.63) is 60.2 Å². The number of benzene rings is 1. The van der Waals surface area contributed by atoms with Crippen LogP contribution in [0.3, 0.4) is 0 Å². The van der Waals surface area contributed by atoms with Crippen molar-refractivity contribution in [3.8, 4) is 0 Å². The van der Waals surface area contributed by atoms with Gasteiger partial charge in [-0.15, -0.1) is 0 Å². The van der Waals surface area contributed by atoms with E-state index in [-0.39, 0.29) is 5.91 Å². The molecule has 1 amide bonds. The average Bonchev–Trinajstić information content (AvgIpc) is 3.07. The maximum atomic E-state index is 12.2. The third-order valence-electron chi connectivity index (χ3n) is 4.44. The van der Waals surface area contributed by atoms with Gasteiger partial charge in [-0.3, -0.25) is 4.79 Å². The third-order valence-corrected chi connectivity index (χ3v) is 4.44. The molecule has 3 aliphatic rings. The van der Waals surface area contributed by atoms with E-state index in [1.807, 2.05) is 36.4 Å². The molecule has 1 saturated heterocycles. The van der Waals surface area contributed by atoms with E-state index in [1.165, 1.54) is 18.4 Å². The minimum atomic E-state index is -0.209. The Morgan fingerprint density at radius 1 is 1.09 bits per heavy atom. The quantitative estimate of drug-likeness (QED) is 0.940. The van der Waals surface area contributed by atoms with Crippen molar-refractivity contribution in [2.75, 3.05) is 18.4 Å². The molecule has 2 aromatic rings. The van der Waals surface area contributed by atoms with Crippen molar-refractivity contribution in [2.45, 2.75) is 12.8 Å². The molecule has 112 valence electrons. The van der Waals surface area contributed by atoms with Gasteiger partial charge in [-0.05, 0) is 43.0 Å². The summed E-state index contributed by atoms with van der Waals surface area (Å²) in [6.07, 6.45) is 4.55. The predicted molar refractivity (Wildman–Crippen MR) is 85.4 cm³/mol. The number of rotatable bonds is 3. The van der Waals surface area contributed by atoms with E-state index < -0.39 is 0 Å². The van der Waals surface area contributed by atoms with Gasteiger partial charge in [0.1, 0.15) is 5.76 Å². The Labute approximate surface area is 129 Å². The minimum Gasteiger partial charge on any atom is -0.451 e. The Morgan fingerprint density at radius 3 is 2.55 bits per heavy atom. The monoisotopic (exact) mass is 294 g/mol. The first-order valence-electron chi connectivity index (χ1n) is 7.72. The summed E-state index contributed by atoms with van der Waals surface area (Å²) >= 11 is 0. The molecule has 5 rings (SSSR count). The third kappa shape index (κ3) is 2.41. The standard InChI is InChI=1S/C18H18N2O2/c21-18(19-14-4-2-1-3-5-14)17-7-6-16(22-17)15-12-20-10-8-13(15)9-11-20/h1-7,12-13H,8-11H2,(H,19,21). The lowest BCUT2D eigenvalue weighted by Crippen LogP contribution is -2.35. The van der Waals surface area contributed by atoms with Crippen molar-refractivity contribution in [2.24, 2.45) is 5.92 Å². The van der Waals surface area contributed by atoms with E-state index in [4.69, 9.17) is 4.42 Å². The predicted octanol–water partition coefficient (Wildman–Crippen LogP) is 3.60. The number of piperidine rings is 1. The van der Waals surface area contributed by atoms with E-state index >= 15 is 0 Å². The van der Waals surface area contributed by atoms with Crippen LogP contribution in [0, 0.1) is 5.92 Å². The summed E-state index contributed by atoms with van der Waals surface area (Å²) in [7, 11) is 0. The number of hydrogen-bond donors (Lipinski definition) is 1. The molecule has 1 aromatic carbocycles. The zero-order valence-corrected chi connectivity index (χ0v) is 12.3. The molecule has 0 spiro atoms. The second-order valence-electron chi connectivity index (χ2n) is 5.88. The van der Waals surface area contributed by atoms with Gasteiger partial charge in [-0.1, -0.05) is 18.2 Å². The number of anilines is 1. The van der Waals surface area contributed by atoms with Crippen molar-refractivity contribution in [3.63, 3.8) is 0 Å². The largest absolute Gasteiger partial charge is 0.451 e. The topological polar surface area (TPSA) is 45.5 Å². The molecule has 4 heteroatoms. The smallest absolute Gasteiger partial charge is 0.291 e. The maximum Gasteiger partial charge on any atom is 0.291 e. The molecule has 1 aromatic heterocycles. The maximum absolute atomic E-state index is 12.2. The number of fused-ring (bicyclic) bond motifs is 2. The first-order chi connectivity index (χ1) is 10.8. The van der Waals surface area contributed by atoms with Crippen LogP contribution in [0.15, 0.2) is 53.1 Å². The van der Waals surface area contributed by atoms with Crippen molar-refractivity contribution < 1.29 is 9.21 Å². The second-order valence-corrected chi connectivity index (χ2v) is 5.88. The number of carbonyl (C=O) groups excluding carboxylic acids is 1. The van der Waals surface area contributed by atoms with Crippen molar-refractivity contribution >= 4 is 17.2 Å². The van der Waals surface area contributed by atoms with Crippen LogP contribution in [0.1, 0.15) is 29.2 Å². The summed E-state index contributed by atoms with van der Waals surface area (Å²) in [5.41, 5.74) is 2.00. The SMILES string of the molecule is O=C(Nc1ccccc1)c1ccc(C2=CN3CCC2CC3)o1. The van der Waals surface area contributed by atoms with Gasteiger partial charge in [0.2, 0.25) is 0 Å². The van der Waals surface area contributed by atoms with Crippen LogP contribution in [-0.2, 0) is 0 Å². The minimum absolute atomic E-state index is 0.209. The van der Waals surface area contributed by atoms with Gasteiger partial charge in [0.05, 0.1) is 0 Å². The highest BCUT2D eigenvalue weighted by molar-refractivity contribution is 6.02. The number of allylic oxidation sites excluding steroid dienone is 1. The molecule has 0 atom stereocenters. The Morgan fingerprint density at radius 2 is 1.86 bits per heavy atom. The van der Waals surface area contributed by atoms with E-state index in [1.54, 1.807) is 6.07 Å². The molecule has 4 heterocycles. The fraction of sp³-hybridized carbons (Fsp3) is 0.278. The van der Waals surface area contributed by atoms with Gasteiger partial charge in [0, 0.05) is 30.5 Å². The zero-order valence-electron chi connectivity index (χ0n) is 12.3. The number of amides is 1. The van der Waals surface area contributed by atoms with E-state index in [9.17, 15) is 4.79 Å². The van der Waals surface area contributed by atoms with Crippen molar-refractivity contribution in [1.29, 1.82) is 0 Å². The van der Waals surface area contributed by atoms with Crippen LogP contribution in [0.2, 0.25) is 0 Å². The van der Waals surface area contributed by atoms with Gasteiger partial charge in [-0.2, -0.15) is 0 Å².